The first-order valence-corrected chi connectivity index (χ1v) is 12.1. The third-order valence-electron chi connectivity index (χ3n) is 4.96. The lowest BCUT2D eigenvalue weighted by atomic mass is 10.0. The predicted molar refractivity (Wildman–Crippen MR) is 122 cm³/mol. The number of carbonyl (C=O) groups excluding carboxylic acids is 2. The SMILES string of the molecule is CCCCCCCCCCCCCCCCCCNC(=O)CC(=O)C=C(Cl)Cl. The standard InChI is InChI=1S/C23H41Cl2NO2/c1-2-3-4-5-6-7-8-9-10-11-12-13-14-15-16-17-18-26-23(28)20-21(27)19-22(24)25/h19H,2-18,20H2,1H3,(H,26,28). The Morgan fingerprint density at radius 3 is 1.46 bits per heavy atom. The number of unbranched alkanes of at least 4 members (excludes halogenated alkanes) is 15. The van der Waals surface area contributed by atoms with Crippen LogP contribution < -0.4 is 5.32 Å². The van der Waals surface area contributed by atoms with Crippen LogP contribution in [0.3, 0.4) is 0 Å². The second-order valence-electron chi connectivity index (χ2n) is 7.73. The molecule has 0 aliphatic rings. The minimum absolute atomic E-state index is 0.115. The summed E-state index contributed by atoms with van der Waals surface area (Å²) in [5, 5.41) is 2.76. The minimum Gasteiger partial charge on any atom is -0.356 e. The van der Waals surface area contributed by atoms with Crippen molar-refractivity contribution in [2.75, 3.05) is 6.54 Å². The van der Waals surface area contributed by atoms with E-state index in [-0.39, 0.29) is 22.6 Å². The van der Waals surface area contributed by atoms with E-state index >= 15 is 0 Å². The third-order valence-corrected chi connectivity index (χ3v) is 5.18. The van der Waals surface area contributed by atoms with E-state index in [1.165, 1.54) is 89.9 Å². The van der Waals surface area contributed by atoms with Crippen LogP contribution in [0.5, 0.6) is 0 Å². The predicted octanol–water partition coefficient (Wildman–Crippen LogP) is 7.64. The monoisotopic (exact) mass is 433 g/mol. The Morgan fingerprint density at radius 2 is 1.07 bits per heavy atom. The Balaban J connectivity index is 3.22. The number of allylic oxidation sites excluding steroid dienone is 1. The molecule has 0 spiro atoms. The number of rotatable bonds is 20. The van der Waals surface area contributed by atoms with E-state index in [1.807, 2.05) is 0 Å². The summed E-state index contributed by atoms with van der Waals surface area (Å²) < 4.78 is -0.115. The Labute approximate surface area is 183 Å². The fourth-order valence-corrected chi connectivity index (χ4v) is 3.54. The summed E-state index contributed by atoms with van der Waals surface area (Å²) in [6, 6.07) is 0. The van der Waals surface area contributed by atoms with Gasteiger partial charge in [-0.1, -0.05) is 126 Å². The lowest BCUT2D eigenvalue weighted by molar-refractivity contribution is -0.126. The largest absolute Gasteiger partial charge is 0.356 e. The van der Waals surface area contributed by atoms with Gasteiger partial charge in [-0.05, 0) is 6.42 Å². The van der Waals surface area contributed by atoms with E-state index in [2.05, 4.69) is 12.2 Å². The highest BCUT2D eigenvalue weighted by Crippen LogP contribution is 2.13. The summed E-state index contributed by atoms with van der Waals surface area (Å²) in [5.74, 6) is -0.638. The fourth-order valence-electron chi connectivity index (χ4n) is 3.29. The average Bonchev–Trinajstić information content (AvgIpc) is 2.63. The van der Waals surface area contributed by atoms with Crippen LogP contribution in [-0.4, -0.2) is 18.2 Å². The topological polar surface area (TPSA) is 46.2 Å². The molecular weight excluding hydrogens is 393 g/mol. The molecule has 0 aromatic heterocycles. The van der Waals surface area contributed by atoms with Gasteiger partial charge in [-0.3, -0.25) is 9.59 Å². The number of ketones is 1. The molecule has 0 unspecified atom stereocenters. The molecule has 0 saturated heterocycles. The van der Waals surface area contributed by atoms with Crippen LogP contribution in [0, 0.1) is 0 Å². The zero-order valence-electron chi connectivity index (χ0n) is 17.9. The summed E-state index contributed by atoms with van der Waals surface area (Å²) in [6.45, 7) is 2.90. The molecule has 0 saturated carbocycles. The number of hydrogen-bond donors (Lipinski definition) is 1. The van der Waals surface area contributed by atoms with Gasteiger partial charge in [-0.2, -0.15) is 0 Å². The normalized spacial score (nSPS) is 10.7. The van der Waals surface area contributed by atoms with Crippen LogP contribution in [0.1, 0.15) is 116 Å². The number of carbonyl (C=O) groups is 2. The first-order valence-electron chi connectivity index (χ1n) is 11.4. The first kappa shape index (κ1) is 27.5. The van der Waals surface area contributed by atoms with Crippen LogP contribution >= 0.6 is 23.2 Å². The van der Waals surface area contributed by atoms with Gasteiger partial charge in [0.25, 0.3) is 0 Å². The molecular formula is C23H41Cl2NO2. The molecule has 0 aliphatic carbocycles. The van der Waals surface area contributed by atoms with Gasteiger partial charge in [0.2, 0.25) is 5.91 Å². The summed E-state index contributed by atoms with van der Waals surface area (Å²) in [6.07, 6.45) is 22.2. The van der Waals surface area contributed by atoms with Crippen molar-refractivity contribution in [3.8, 4) is 0 Å². The Kier molecular flexibility index (Phi) is 20.8. The maximum absolute atomic E-state index is 11.5. The second-order valence-corrected chi connectivity index (χ2v) is 8.74. The Hall–Kier alpha value is -0.540. The summed E-state index contributed by atoms with van der Waals surface area (Å²) >= 11 is 10.8. The quantitative estimate of drug-likeness (QED) is 0.122. The van der Waals surface area contributed by atoms with E-state index < -0.39 is 0 Å². The van der Waals surface area contributed by atoms with Crippen molar-refractivity contribution in [3.63, 3.8) is 0 Å². The van der Waals surface area contributed by atoms with Gasteiger partial charge in [0.1, 0.15) is 4.49 Å². The van der Waals surface area contributed by atoms with Crippen molar-refractivity contribution >= 4 is 34.9 Å². The molecule has 0 radical (unpaired) electrons. The van der Waals surface area contributed by atoms with Gasteiger partial charge >= 0.3 is 0 Å². The molecule has 0 fully saturated rings. The van der Waals surface area contributed by atoms with Crippen LogP contribution in [0.4, 0.5) is 0 Å². The smallest absolute Gasteiger partial charge is 0.227 e. The maximum Gasteiger partial charge on any atom is 0.227 e. The third kappa shape index (κ3) is 21.8. The molecule has 1 N–H and O–H groups in total. The van der Waals surface area contributed by atoms with Crippen molar-refractivity contribution in [1.29, 1.82) is 0 Å². The van der Waals surface area contributed by atoms with Crippen molar-refractivity contribution < 1.29 is 9.59 Å². The van der Waals surface area contributed by atoms with Crippen molar-refractivity contribution in [3.05, 3.63) is 10.6 Å². The zero-order valence-corrected chi connectivity index (χ0v) is 19.4. The van der Waals surface area contributed by atoms with Crippen molar-refractivity contribution in [2.24, 2.45) is 0 Å². The van der Waals surface area contributed by atoms with Crippen molar-refractivity contribution in [2.45, 2.75) is 116 Å². The molecule has 3 nitrogen and oxygen atoms in total. The van der Waals surface area contributed by atoms with Crippen LogP contribution in [0.2, 0.25) is 0 Å². The number of amides is 1. The van der Waals surface area contributed by atoms with Gasteiger partial charge in [-0.15, -0.1) is 0 Å². The fraction of sp³-hybridized carbons (Fsp3) is 0.826. The second kappa shape index (κ2) is 21.2. The van der Waals surface area contributed by atoms with Gasteiger partial charge < -0.3 is 5.32 Å². The Morgan fingerprint density at radius 1 is 0.679 bits per heavy atom. The average molecular weight is 434 g/mol. The summed E-state index contributed by atoms with van der Waals surface area (Å²) in [4.78, 5) is 22.9. The number of nitrogens with one attached hydrogen (secondary N) is 1. The molecule has 28 heavy (non-hydrogen) atoms. The molecule has 0 aromatic carbocycles. The van der Waals surface area contributed by atoms with Crippen LogP contribution in [0.25, 0.3) is 0 Å². The zero-order chi connectivity index (χ0) is 20.9. The molecule has 0 aromatic rings. The first-order chi connectivity index (χ1) is 13.6. The number of halogens is 2. The molecule has 164 valence electrons. The Bertz CT molecular complexity index is 421. The molecule has 0 heterocycles. The highest BCUT2D eigenvalue weighted by Gasteiger charge is 2.07. The summed E-state index contributed by atoms with van der Waals surface area (Å²) in [7, 11) is 0. The van der Waals surface area contributed by atoms with Gasteiger partial charge in [0.15, 0.2) is 5.78 Å². The minimum atomic E-state index is -0.371. The molecule has 0 bridgehead atoms. The molecule has 0 rings (SSSR count). The van der Waals surface area contributed by atoms with Crippen LogP contribution in [-0.2, 0) is 9.59 Å². The van der Waals surface area contributed by atoms with E-state index in [0.29, 0.717) is 6.54 Å². The van der Waals surface area contributed by atoms with Gasteiger partial charge in [-0.25, -0.2) is 0 Å². The molecule has 0 atom stereocenters. The van der Waals surface area contributed by atoms with Crippen LogP contribution in [0.15, 0.2) is 10.6 Å². The number of hydrogen-bond acceptors (Lipinski definition) is 2. The highest BCUT2D eigenvalue weighted by atomic mass is 35.5. The van der Waals surface area contributed by atoms with E-state index in [4.69, 9.17) is 23.2 Å². The van der Waals surface area contributed by atoms with Gasteiger partial charge in [0, 0.05) is 12.6 Å². The lowest BCUT2D eigenvalue weighted by Crippen LogP contribution is -2.26. The van der Waals surface area contributed by atoms with E-state index in [0.717, 1.165) is 18.9 Å². The van der Waals surface area contributed by atoms with Gasteiger partial charge in [0.05, 0.1) is 6.42 Å². The molecule has 5 heteroatoms. The summed E-state index contributed by atoms with van der Waals surface area (Å²) in [5.41, 5.74) is 0. The maximum atomic E-state index is 11.5. The molecule has 0 aliphatic heterocycles. The van der Waals surface area contributed by atoms with E-state index in [1.54, 1.807) is 0 Å². The van der Waals surface area contributed by atoms with E-state index in [9.17, 15) is 9.59 Å². The highest BCUT2D eigenvalue weighted by molar-refractivity contribution is 6.56. The molecule has 1 amide bonds. The van der Waals surface area contributed by atoms with Crippen molar-refractivity contribution in [1.82, 2.24) is 5.32 Å². The lowest BCUT2D eigenvalue weighted by Gasteiger charge is -2.05.